The summed E-state index contributed by atoms with van der Waals surface area (Å²) in [5, 5.41) is 3.06. The van der Waals surface area contributed by atoms with Crippen LogP contribution in [0.1, 0.15) is 19.4 Å². The fraction of sp³-hybridized carbons (Fsp3) is 0.611. The smallest absolute Gasteiger partial charge is 0.227 e. The molecule has 24 heavy (non-hydrogen) atoms. The van der Waals surface area contributed by atoms with Gasteiger partial charge in [-0.2, -0.15) is 0 Å². The van der Waals surface area contributed by atoms with Gasteiger partial charge in [0.2, 0.25) is 5.91 Å². The number of ether oxygens (including phenoxy) is 3. The van der Waals surface area contributed by atoms with Crippen LogP contribution in [0.2, 0.25) is 0 Å². The molecule has 1 aromatic rings. The van der Waals surface area contributed by atoms with Gasteiger partial charge in [0.25, 0.3) is 0 Å². The fourth-order valence-corrected chi connectivity index (χ4v) is 3.27. The normalized spacial score (nSPS) is 24.4. The lowest BCUT2D eigenvalue weighted by atomic mass is 10.1. The second-order valence-electron chi connectivity index (χ2n) is 6.79. The molecule has 2 saturated heterocycles. The lowest BCUT2D eigenvalue weighted by Gasteiger charge is -2.27. The predicted molar refractivity (Wildman–Crippen MR) is 90.3 cm³/mol. The molecule has 6 nitrogen and oxygen atoms in total. The summed E-state index contributed by atoms with van der Waals surface area (Å²) in [6, 6.07) is 6.10. The molecule has 0 aromatic heterocycles. The molecule has 2 fully saturated rings. The van der Waals surface area contributed by atoms with E-state index in [1.54, 1.807) is 7.11 Å². The Kier molecular flexibility index (Phi) is 5.26. The van der Waals surface area contributed by atoms with Gasteiger partial charge in [-0.25, -0.2) is 0 Å². The van der Waals surface area contributed by atoms with Crippen LogP contribution >= 0.6 is 0 Å². The van der Waals surface area contributed by atoms with Crippen molar-refractivity contribution in [2.45, 2.75) is 32.5 Å². The third-order valence-corrected chi connectivity index (χ3v) is 4.31. The summed E-state index contributed by atoms with van der Waals surface area (Å²) in [4.78, 5) is 14.4. The zero-order chi connectivity index (χ0) is 17.1. The zero-order valence-corrected chi connectivity index (χ0v) is 14.6. The van der Waals surface area contributed by atoms with Crippen LogP contribution in [0.5, 0.6) is 11.5 Å². The first kappa shape index (κ1) is 17.0. The molecule has 0 radical (unpaired) electrons. The Morgan fingerprint density at radius 1 is 1.29 bits per heavy atom. The molecule has 6 heteroatoms. The average Bonchev–Trinajstić information content (AvgIpc) is 2.77. The third kappa shape index (κ3) is 3.99. The standard InChI is InChI=1S/C18H26N2O4/c1-12(2)24-16-5-4-13(6-17(16)22-3)7-20-8-14-10-23-11-15(9-20)19-18(14)21/h4-6,12,14-15H,7-11H2,1-3H3,(H,19,21)/t14-,15+/m1/s1. The van der Waals surface area contributed by atoms with E-state index in [0.29, 0.717) is 13.2 Å². The Hall–Kier alpha value is -1.79. The number of nitrogens with one attached hydrogen (secondary N) is 1. The summed E-state index contributed by atoms with van der Waals surface area (Å²) < 4.78 is 16.8. The average molecular weight is 334 g/mol. The Labute approximate surface area is 143 Å². The highest BCUT2D eigenvalue weighted by molar-refractivity contribution is 5.79. The minimum Gasteiger partial charge on any atom is -0.493 e. The summed E-state index contributed by atoms with van der Waals surface area (Å²) in [6.07, 6.45) is 0.104. The minimum atomic E-state index is -0.0945. The van der Waals surface area contributed by atoms with Crippen LogP contribution in [-0.4, -0.2) is 56.4 Å². The number of amides is 1. The number of fused-ring (bicyclic) bond motifs is 3. The highest BCUT2D eigenvalue weighted by atomic mass is 16.5. The molecular formula is C18H26N2O4. The molecule has 1 aromatic carbocycles. The van der Waals surface area contributed by atoms with Crippen LogP contribution in [0.15, 0.2) is 18.2 Å². The second kappa shape index (κ2) is 7.40. The van der Waals surface area contributed by atoms with Crippen LogP contribution in [-0.2, 0) is 16.1 Å². The van der Waals surface area contributed by atoms with Gasteiger partial charge in [-0.05, 0) is 31.5 Å². The van der Waals surface area contributed by atoms with Gasteiger partial charge < -0.3 is 19.5 Å². The van der Waals surface area contributed by atoms with Crippen molar-refractivity contribution in [2.24, 2.45) is 5.92 Å². The van der Waals surface area contributed by atoms with Crippen molar-refractivity contribution in [1.29, 1.82) is 0 Å². The molecule has 2 aliphatic heterocycles. The van der Waals surface area contributed by atoms with Crippen LogP contribution in [0.3, 0.4) is 0 Å². The van der Waals surface area contributed by atoms with E-state index in [-0.39, 0.29) is 24.0 Å². The number of rotatable bonds is 5. The highest BCUT2D eigenvalue weighted by Gasteiger charge is 2.33. The van der Waals surface area contributed by atoms with E-state index in [0.717, 1.165) is 36.7 Å². The van der Waals surface area contributed by atoms with Crippen LogP contribution in [0, 0.1) is 5.92 Å². The van der Waals surface area contributed by atoms with Crippen molar-refractivity contribution in [3.8, 4) is 11.5 Å². The molecule has 1 amide bonds. The van der Waals surface area contributed by atoms with Gasteiger partial charge >= 0.3 is 0 Å². The number of hydrogen-bond acceptors (Lipinski definition) is 5. The predicted octanol–water partition coefficient (Wildman–Crippen LogP) is 1.43. The number of methoxy groups -OCH3 is 1. The van der Waals surface area contributed by atoms with E-state index >= 15 is 0 Å². The molecule has 0 saturated carbocycles. The van der Waals surface area contributed by atoms with Crippen molar-refractivity contribution in [1.82, 2.24) is 10.2 Å². The summed E-state index contributed by atoms with van der Waals surface area (Å²) >= 11 is 0. The van der Waals surface area contributed by atoms with Crippen molar-refractivity contribution in [3.05, 3.63) is 23.8 Å². The Morgan fingerprint density at radius 3 is 2.88 bits per heavy atom. The monoisotopic (exact) mass is 334 g/mol. The van der Waals surface area contributed by atoms with Gasteiger partial charge in [-0.15, -0.1) is 0 Å². The maximum Gasteiger partial charge on any atom is 0.227 e. The molecule has 2 aliphatic rings. The molecule has 0 unspecified atom stereocenters. The first-order chi connectivity index (χ1) is 11.5. The molecular weight excluding hydrogens is 308 g/mol. The van der Waals surface area contributed by atoms with Crippen LogP contribution in [0.4, 0.5) is 0 Å². The summed E-state index contributed by atoms with van der Waals surface area (Å²) in [5.74, 6) is 1.52. The van der Waals surface area contributed by atoms with E-state index in [1.165, 1.54) is 0 Å². The third-order valence-electron chi connectivity index (χ3n) is 4.31. The topological polar surface area (TPSA) is 60.0 Å². The van der Waals surface area contributed by atoms with E-state index < -0.39 is 0 Å². The summed E-state index contributed by atoms with van der Waals surface area (Å²) in [6.45, 7) is 7.38. The Balaban J connectivity index is 1.72. The van der Waals surface area contributed by atoms with Crippen LogP contribution in [0.25, 0.3) is 0 Å². The van der Waals surface area contributed by atoms with Gasteiger partial charge in [0.05, 0.1) is 38.4 Å². The molecule has 132 valence electrons. The molecule has 0 spiro atoms. The van der Waals surface area contributed by atoms with E-state index in [1.807, 2.05) is 26.0 Å². The lowest BCUT2D eigenvalue weighted by Crippen LogP contribution is -2.41. The maximum atomic E-state index is 12.1. The molecule has 2 heterocycles. The first-order valence-electron chi connectivity index (χ1n) is 8.49. The fourth-order valence-electron chi connectivity index (χ4n) is 3.27. The lowest BCUT2D eigenvalue weighted by molar-refractivity contribution is -0.125. The summed E-state index contributed by atoms with van der Waals surface area (Å²) in [7, 11) is 1.66. The summed E-state index contributed by atoms with van der Waals surface area (Å²) in [5.41, 5.74) is 1.15. The van der Waals surface area contributed by atoms with Gasteiger partial charge in [-0.3, -0.25) is 9.69 Å². The van der Waals surface area contributed by atoms with Crippen molar-refractivity contribution in [3.63, 3.8) is 0 Å². The number of carbonyl (C=O) groups is 1. The van der Waals surface area contributed by atoms with Gasteiger partial charge in [-0.1, -0.05) is 6.07 Å². The SMILES string of the molecule is COc1cc(CN2C[C@H]3COC[C@@H](C2)C(=O)N3)ccc1OC(C)C. The van der Waals surface area contributed by atoms with E-state index in [2.05, 4.69) is 16.3 Å². The number of benzene rings is 1. The Bertz CT molecular complexity index is 590. The highest BCUT2D eigenvalue weighted by Crippen LogP contribution is 2.29. The molecule has 2 atom stereocenters. The minimum absolute atomic E-state index is 0.0652. The number of carbonyl (C=O) groups excluding carboxylic acids is 1. The van der Waals surface area contributed by atoms with Crippen LogP contribution < -0.4 is 14.8 Å². The van der Waals surface area contributed by atoms with Crippen molar-refractivity contribution in [2.75, 3.05) is 33.4 Å². The number of hydrogen-bond donors (Lipinski definition) is 1. The van der Waals surface area contributed by atoms with E-state index in [4.69, 9.17) is 14.2 Å². The van der Waals surface area contributed by atoms with Gasteiger partial charge in [0.15, 0.2) is 11.5 Å². The molecule has 1 N–H and O–H groups in total. The Morgan fingerprint density at radius 2 is 2.12 bits per heavy atom. The number of nitrogens with zero attached hydrogens (tertiary/aromatic N) is 1. The van der Waals surface area contributed by atoms with Gasteiger partial charge in [0.1, 0.15) is 0 Å². The molecule has 3 rings (SSSR count). The molecule has 2 bridgehead atoms. The van der Waals surface area contributed by atoms with Crippen molar-refractivity contribution < 1.29 is 19.0 Å². The molecule has 0 aliphatic carbocycles. The van der Waals surface area contributed by atoms with E-state index in [9.17, 15) is 4.79 Å². The zero-order valence-electron chi connectivity index (χ0n) is 14.6. The maximum absolute atomic E-state index is 12.1. The first-order valence-corrected chi connectivity index (χ1v) is 8.49. The van der Waals surface area contributed by atoms with Crippen molar-refractivity contribution >= 4 is 5.91 Å². The van der Waals surface area contributed by atoms with Gasteiger partial charge in [0, 0.05) is 19.6 Å². The largest absolute Gasteiger partial charge is 0.493 e. The second-order valence-corrected chi connectivity index (χ2v) is 6.79. The quantitative estimate of drug-likeness (QED) is 0.883.